The summed E-state index contributed by atoms with van der Waals surface area (Å²) >= 11 is 0. The second kappa shape index (κ2) is 9.83. The molecule has 0 radical (unpaired) electrons. The van der Waals surface area contributed by atoms with Gasteiger partial charge in [-0.15, -0.1) is 0 Å². The maximum absolute atomic E-state index is 12.6. The zero-order valence-corrected chi connectivity index (χ0v) is 17.1. The van der Waals surface area contributed by atoms with Gasteiger partial charge in [-0.1, -0.05) is 30.7 Å². The molecule has 0 unspecified atom stereocenters. The molecule has 154 valence electrons. The van der Waals surface area contributed by atoms with Gasteiger partial charge in [-0.3, -0.25) is 14.7 Å². The number of piperidine rings is 2. The van der Waals surface area contributed by atoms with Gasteiger partial charge >= 0.3 is 0 Å². The Morgan fingerprint density at radius 1 is 0.966 bits per heavy atom. The molecule has 2 fully saturated rings. The van der Waals surface area contributed by atoms with Crippen molar-refractivity contribution in [3.05, 3.63) is 54.0 Å². The third-order valence-electron chi connectivity index (χ3n) is 6.08. The van der Waals surface area contributed by atoms with Crippen LogP contribution in [0.5, 0.6) is 0 Å². The van der Waals surface area contributed by atoms with Crippen molar-refractivity contribution in [3.63, 3.8) is 0 Å². The van der Waals surface area contributed by atoms with Crippen molar-refractivity contribution in [1.29, 1.82) is 0 Å². The lowest BCUT2D eigenvalue weighted by Gasteiger charge is -2.31. The van der Waals surface area contributed by atoms with Gasteiger partial charge < -0.3 is 10.2 Å². The second-order valence-electron chi connectivity index (χ2n) is 8.20. The highest BCUT2D eigenvalue weighted by Crippen LogP contribution is 2.21. The SMILES string of the molecule is O=C(NCc1ccc(CN2CCCCC2)cc1)C1CCN(c2cnccn2)CC1. The first-order valence-electron chi connectivity index (χ1n) is 10.9. The number of carbonyl (C=O) groups is 1. The Balaban J connectivity index is 1.20. The van der Waals surface area contributed by atoms with Crippen molar-refractivity contribution in [2.45, 2.75) is 45.2 Å². The number of nitrogens with one attached hydrogen (secondary N) is 1. The van der Waals surface area contributed by atoms with E-state index in [0.717, 1.165) is 43.9 Å². The Morgan fingerprint density at radius 2 is 1.69 bits per heavy atom. The van der Waals surface area contributed by atoms with Gasteiger partial charge in [-0.2, -0.15) is 0 Å². The smallest absolute Gasteiger partial charge is 0.223 e. The molecule has 2 aliphatic rings. The number of amides is 1. The predicted molar refractivity (Wildman–Crippen MR) is 114 cm³/mol. The zero-order chi connectivity index (χ0) is 19.9. The van der Waals surface area contributed by atoms with E-state index in [4.69, 9.17) is 0 Å². The molecular weight excluding hydrogens is 362 g/mol. The number of hydrogen-bond acceptors (Lipinski definition) is 5. The van der Waals surface area contributed by atoms with Crippen LogP contribution in [-0.4, -0.2) is 47.0 Å². The lowest BCUT2D eigenvalue weighted by molar-refractivity contribution is -0.125. The highest BCUT2D eigenvalue weighted by Gasteiger charge is 2.25. The Kier molecular flexibility index (Phi) is 6.72. The Labute approximate surface area is 173 Å². The number of benzene rings is 1. The van der Waals surface area contributed by atoms with Crippen molar-refractivity contribution in [3.8, 4) is 0 Å². The summed E-state index contributed by atoms with van der Waals surface area (Å²) in [5, 5.41) is 3.13. The number of rotatable bonds is 6. The summed E-state index contributed by atoms with van der Waals surface area (Å²) in [6, 6.07) is 8.71. The molecular formula is C23H31N5O. The molecule has 6 heteroatoms. The van der Waals surface area contributed by atoms with E-state index < -0.39 is 0 Å². The van der Waals surface area contributed by atoms with Crippen LogP contribution in [0, 0.1) is 5.92 Å². The Hall–Kier alpha value is -2.47. The van der Waals surface area contributed by atoms with Crippen LogP contribution in [0.1, 0.15) is 43.2 Å². The number of hydrogen-bond donors (Lipinski definition) is 1. The highest BCUT2D eigenvalue weighted by atomic mass is 16.1. The standard InChI is InChI=1S/C23H31N5O/c29-23(21-8-14-28(15-9-21)22-17-24-10-11-25-22)26-16-19-4-6-20(7-5-19)18-27-12-2-1-3-13-27/h4-7,10-11,17,21H,1-3,8-9,12-16,18H2,(H,26,29). The molecule has 2 saturated heterocycles. The zero-order valence-electron chi connectivity index (χ0n) is 17.1. The van der Waals surface area contributed by atoms with Gasteiger partial charge in [0, 0.05) is 44.5 Å². The van der Waals surface area contributed by atoms with Crippen molar-refractivity contribution >= 4 is 11.7 Å². The quantitative estimate of drug-likeness (QED) is 0.818. The second-order valence-corrected chi connectivity index (χ2v) is 8.20. The van der Waals surface area contributed by atoms with Crippen molar-refractivity contribution < 1.29 is 4.79 Å². The van der Waals surface area contributed by atoms with Crippen LogP contribution in [0.2, 0.25) is 0 Å². The van der Waals surface area contributed by atoms with E-state index >= 15 is 0 Å². The Bertz CT molecular complexity index is 766. The topological polar surface area (TPSA) is 61.4 Å². The van der Waals surface area contributed by atoms with Gasteiger partial charge in [0.05, 0.1) is 6.20 Å². The molecule has 6 nitrogen and oxygen atoms in total. The number of nitrogens with zero attached hydrogens (tertiary/aromatic N) is 4. The molecule has 4 rings (SSSR count). The minimum absolute atomic E-state index is 0.0845. The summed E-state index contributed by atoms with van der Waals surface area (Å²) in [7, 11) is 0. The molecule has 3 heterocycles. The van der Waals surface area contributed by atoms with Crippen LogP contribution in [0.25, 0.3) is 0 Å². The molecule has 0 bridgehead atoms. The summed E-state index contributed by atoms with van der Waals surface area (Å²) in [5.41, 5.74) is 2.52. The number of aromatic nitrogens is 2. The van der Waals surface area contributed by atoms with Gasteiger partial charge in [0.1, 0.15) is 5.82 Å². The van der Waals surface area contributed by atoms with E-state index in [1.54, 1.807) is 18.6 Å². The van der Waals surface area contributed by atoms with Crippen molar-refractivity contribution in [2.24, 2.45) is 5.92 Å². The van der Waals surface area contributed by atoms with Gasteiger partial charge in [-0.25, -0.2) is 4.98 Å². The third-order valence-corrected chi connectivity index (χ3v) is 6.08. The largest absolute Gasteiger partial charge is 0.355 e. The van der Waals surface area contributed by atoms with E-state index in [-0.39, 0.29) is 11.8 Å². The molecule has 2 aromatic rings. The summed E-state index contributed by atoms with van der Waals surface area (Å²) in [6.07, 6.45) is 10.9. The first-order chi connectivity index (χ1) is 14.3. The molecule has 0 atom stereocenters. The molecule has 29 heavy (non-hydrogen) atoms. The molecule has 0 spiro atoms. The number of carbonyl (C=O) groups excluding carboxylic acids is 1. The van der Waals surface area contributed by atoms with Crippen LogP contribution >= 0.6 is 0 Å². The molecule has 1 aromatic heterocycles. The lowest BCUT2D eigenvalue weighted by atomic mass is 9.96. The summed E-state index contributed by atoms with van der Waals surface area (Å²) in [6.45, 7) is 5.77. The average Bonchev–Trinajstić information content (AvgIpc) is 2.80. The lowest BCUT2D eigenvalue weighted by Crippen LogP contribution is -2.40. The van der Waals surface area contributed by atoms with E-state index in [1.165, 1.54) is 37.9 Å². The molecule has 1 N–H and O–H groups in total. The van der Waals surface area contributed by atoms with Gasteiger partial charge in [0.15, 0.2) is 0 Å². The summed E-state index contributed by atoms with van der Waals surface area (Å²) in [5.74, 6) is 1.15. The van der Waals surface area contributed by atoms with Crippen LogP contribution in [0.15, 0.2) is 42.9 Å². The van der Waals surface area contributed by atoms with E-state index in [9.17, 15) is 4.79 Å². The van der Waals surface area contributed by atoms with Gasteiger partial charge in [-0.05, 0) is 49.9 Å². The summed E-state index contributed by atoms with van der Waals surface area (Å²) < 4.78 is 0. The fourth-order valence-corrected chi connectivity index (χ4v) is 4.30. The average molecular weight is 394 g/mol. The number of anilines is 1. The van der Waals surface area contributed by atoms with Gasteiger partial charge in [0.2, 0.25) is 5.91 Å². The van der Waals surface area contributed by atoms with Crippen molar-refractivity contribution in [2.75, 3.05) is 31.1 Å². The fraction of sp³-hybridized carbons (Fsp3) is 0.522. The van der Waals surface area contributed by atoms with E-state index in [0.29, 0.717) is 6.54 Å². The van der Waals surface area contributed by atoms with Gasteiger partial charge in [0.25, 0.3) is 0 Å². The van der Waals surface area contributed by atoms with Crippen LogP contribution < -0.4 is 10.2 Å². The summed E-state index contributed by atoms with van der Waals surface area (Å²) in [4.78, 5) is 25.8. The highest BCUT2D eigenvalue weighted by molar-refractivity contribution is 5.79. The molecule has 0 saturated carbocycles. The molecule has 1 amide bonds. The van der Waals surface area contributed by atoms with E-state index in [2.05, 4.69) is 49.4 Å². The molecule has 0 aliphatic carbocycles. The van der Waals surface area contributed by atoms with Crippen LogP contribution in [-0.2, 0) is 17.9 Å². The van der Waals surface area contributed by atoms with Crippen LogP contribution in [0.4, 0.5) is 5.82 Å². The van der Waals surface area contributed by atoms with Crippen molar-refractivity contribution in [1.82, 2.24) is 20.2 Å². The molecule has 2 aliphatic heterocycles. The minimum Gasteiger partial charge on any atom is -0.355 e. The Morgan fingerprint density at radius 3 is 2.38 bits per heavy atom. The predicted octanol–water partition coefficient (Wildman–Crippen LogP) is 3.00. The fourth-order valence-electron chi connectivity index (χ4n) is 4.30. The van der Waals surface area contributed by atoms with E-state index in [1.807, 2.05) is 0 Å². The maximum Gasteiger partial charge on any atom is 0.223 e. The third kappa shape index (κ3) is 5.54. The number of likely N-dealkylation sites (tertiary alicyclic amines) is 1. The molecule has 1 aromatic carbocycles. The minimum atomic E-state index is 0.0845. The van der Waals surface area contributed by atoms with Crippen LogP contribution in [0.3, 0.4) is 0 Å². The normalized spacial score (nSPS) is 18.6. The monoisotopic (exact) mass is 393 g/mol. The first-order valence-corrected chi connectivity index (χ1v) is 10.9. The maximum atomic E-state index is 12.6. The first kappa shape index (κ1) is 19.8.